The molecule has 7 heteroatoms. The molecule has 2 rings (SSSR count). The summed E-state index contributed by atoms with van der Waals surface area (Å²) < 4.78 is 28.2. The molecule has 2 atom stereocenters. The van der Waals surface area contributed by atoms with Crippen molar-refractivity contribution in [2.24, 2.45) is 5.92 Å². The minimum absolute atomic E-state index is 0.0866. The Bertz CT molecular complexity index is 402. The number of hydrogen-bond donors (Lipinski definition) is 1. The Balaban J connectivity index is 1.98. The zero-order chi connectivity index (χ0) is 13.2. The third-order valence-electron chi connectivity index (χ3n) is 3.58. The summed E-state index contributed by atoms with van der Waals surface area (Å²) in [6.45, 7) is 1.90. The van der Waals surface area contributed by atoms with Crippen LogP contribution < -0.4 is 0 Å². The molecular formula is C11H19NO5S. The number of carboxylic acids is 1. The molecule has 2 saturated heterocycles. The van der Waals surface area contributed by atoms with Gasteiger partial charge in [-0.05, 0) is 18.8 Å². The summed E-state index contributed by atoms with van der Waals surface area (Å²) in [5, 5.41) is 8.93. The third-order valence-corrected chi connectivity index (χ3v) is 5.33. The highest BCUT2D eigenvalue weighted by Gasteiger charge is 2.34. The summed E-state index contributed by atoms with van der Waals surface area (Å²) in [5.74, 6) is -0.311. The van der Waals surface area contributed by atoms with E-state index in [4.69, 9.17) is 9.84 Å². The van der Waals surface area contributed by atoms with E-state index < -0.39 is 15.8 Å². The maximum atomic E-state index is 11.5. The van der Waals surface area contributed by atoms with Crippen molar-refractivity contribution in [3.8, 4) is 0 Å². The first kappa shape index (κ1) is 13.8. The van der Waals surface area contributed by atoms with Gasteiger partial charge < -0.3 is 9.84 Å². The van der Waals surface area contributed by atoms with Crippen LogP contribution in [0, 0.1) is 5.92 Å². The molecule has 0 bridgehead atoms. The molecular weight excluding hydrogens is 258 g/mol. The molecule has 18 heavy (non-hydrogen) atoms. The van der Waals surface area contributed by atoms with Gasteiger partial charge in [-0.15, -0.1) is 0 Å². The fourth-order valence-electron chi connectivity index (χ4n) is 2.64. The van der Waals surface area contributed by atoms with Crippen LogP contribution in [0.5, 0.6) is 0 Å². The van der Waals surface area contributed by atoms with Gasteiger partial charge >= 0.3 is 5.97 Å². The molecule has 2 aliphatic rings. The maximum absolute atomic E-state index is 11.5. The monoisotopic (exact) mass is 277 g/mol. The maximum Gasteiger partial charge on any atom is 0.317 e. The van der Waals surface area contributed by atoms with Gasteiger partial charge in [-0.1, -0.05) is 0 Å². The van der Waals surface area contributed by atoms with Crippen LogP contribution in [0.4, 0.5) is 0 Å². The van der Waals surface area contributed by atoms with Crippen molar-refractivity contribution in [3.05, 3.63) is 0 Å². The summed E-state index contributed by atoms with van der Waals surface area (Å²) in [7, 11) is -2.98. The van der Waals surface area contributed by atoms with Crippen LogP contribution in [0.2, 0.25) is 0 Å². The highest BCUT2D eigenvalue weighted by molar-refractivity contribution is 7.91. The number of carbonyl (C=O) groups is 1. The molecule has 2 aliphatic heterocycles. The Morgan fingerprint density at radius 1 is 1.39 bits per heavy atom. The first-order valence-corrected chi connectivity index (χ1v) is 8.02. The van der Waals surface area contributed by atoms with E-state index in [1.807, 2.05) is 0 Å². The topological polar surface area (TPSA) is 83.9 Å². The van der Waals surface area contributed by atoms with Gasteiger partial charge in [0.25, 0.3) is 0 Å². The molecule has 2 heterocycles. The van der Waals surface area contributed by atoms with Crippen molar-refractivity contribution < 1.29 is 23.1 Å². The van der Waals surface area contributed by atoms with Gasteiger partial charge in [0.2, 0.25) is 0 Å². The van der Waals surface area contributed by atoms with E-state index in [1.165, 1.54) is 0 Å². The van der Waals surface area contributed by atoms with E-state index in [9.17, 15) is 13.2 Å². The van der Waals surface area contributed by atoms with E-state index in [0.29, 0.717) is 32.1 Å². The molecule has 0 saturated carbocycles. The van der Waals surface area contributed by atoms with Gasteiger partial charge in [-0.2, -0.15) is 0 Å². The number of carboxylic acid groups (broad SMARTS) is 1. The van der Waals surface area contributed by atoms with Gasteiger partial charge in [0.15, 0.2) is 9.84 Å². The standard InChI is InChI=1S/C11H19NO5S/c13-11(14)6-12(5-9-1-3-17-7-9)10-2-4-18(15,16)8-10/h9-10H,1-8H2,(H,13,14). The summed E-state index contributed by atoms with van der Waals surface area (Å²) in [5.41, 5.74) is 0. The average molecular weight is 277 g/mol. The molecule has 104 valence electrons. The van der Waals surface area contributed by atoms with Crippen LogP contribution in [-0.4, -0.2) is 68.2 Å². The second-order valence-electron chi connectivity index (χ2n) is 5.11. The normalized spacial score (nSPS) is 30.9. The Labute approximate surface area is 107 Å². The second-order valence-corrected chi connectivity index (χ2v) is 7.34. The molecule has 0 spiro atoms. The first-order chi connectivity index (χ1) is 8.46. The van der Waals surface area contributed by atoms with Crippen molar-refractivity contribution in [1.82, 2.24) is 4.90 Å². The first-order valence-electron chi connectivity index (χ1n) is 6.20. The lowest BCUT2D eigenvalue weighted by atomic mass is 10.1. The van der Waals surface area contributed by atoms with E-state index >= 15 is 0 Å². The van der Waals surface area contributed by atoms with Crippen molar-refractivity contribution >= 4 is 15.8 Å². The fraction of sp³-hybridized carbons (Fsp3) is 0.909. The molecule has 0 aromatic rings. The van der Waals surface area contributed by atoms with Gasteiger partial charge in [-0.3, -0.25) is 9.69 Å². The van der Waals surface area contributed by atoms with Crippen LogP contribution in [0.3, 0.4) is 0 Å². The van der Waals surface area contributed by atoms with E-state index in [2.05, 4.69) is 0 Å². The molecule has 6 nitrogen and oxygen atoms in total. The van der Waals surface area contributed by atoms with E-state index in [-0.39, 0.29) is 24.1 Å². The van der Waals surface area contributed by atoms with Crippen LogP contribution in [-0.2, 0) is 19.4 Å². The lowest BCUT2D eigenvalue weighted by Crippen LogP contribution is -2.42. The molecule has 1 N–H and O–H groups in total. The number of sulfone groups is 1. The number of aliphatic carboxylic acids is 1. The van der Waals surface area contributed by atoms with Crippen molar-refractivity contribution in [3.63, 3.8) is 0 Å². The van der Waals surface area contributed by atoms with E-state index in [1.54, 1.807) is 4.90 Å². The Morgan fingerprint density at radius 3 is 2.67 bits per heavy atom. The molecule has 0 radical (unpaired) electrons. The summed E-state index contributed by atoms with van der Waals surface area (Å²) in [6, 6.07) is -0.147. The van der Waals surface area contributed by atoms with Crippen LogP contribution in [0.25, 0.3) is 0 Å². The SMILES string of the molecule is O=C(O)CN(CC1CCOC1)C1CCS(=O)(=O)C1. The predicted octanol–water partition coefficient (Wildman–Crippen LogP) is -0.403. The Kier molecular flexibility index (Phi) is 4.24. The zero-order valence-electron chi connectivity index (χ0n) is 10.2. The Hall–Kier alpha value is -0.660. The van der Waals surface area contributed by atoms with Crippen LogP contribution >= 0.6 is 0 Å². The minimum Gasteiger partial charge on any atom is -0.480 e. The smallest absolute Gasteiger partial charge is 0.317 e. The zero-order valence-corrected chi connectivity index (χ0v) is 11.1. The summed E-state index contributed by atoms with van der Waals surface area (Å²) >= 11 is 0. The van der Waals surface area contributed by atoms with Gasteiger partial charge in [0.05, 0.1) is 24.7 Å². The van der Waals surface area contributed by atoms with Crippen molar-refractivity contribution in [1.29, 1.82) is 0 Å². The van der Waals surface area contributed by atoms with Crippen LogP contribution in [0.15, 0.2) is 0 Å². The quantitative estimate of drug-likeness (QED) is 0.736. The summed E-state index contributed by atoms with van der Waals surface area (Å²) in [6.07, 6.45) is 1.47. The molecule has 0 amide bonds. The second kappa shape index (κ2) is 5.54. The molecule has 2 fully saturated rings. The van der Waals surface area contributed by atoms with Crippen molar-refractivity contribution in [2.45, 2.75) is 18.9 Å². The highest BCUT2D eigenvalue weighted by atomic mass is 32.2. The largest absolute Gasteiger partial charge is 0.480 e. The van der Waals surface area contributed by atoms with Gasteiger partial charge in [-0.25, -0.2) is 8.42 Å². The number of nitrogens with zero attached hydrogens (tertiary/aromatic N) is 1. The number of ether oxygens (including phenoxy) is 1. The third kappa shape index (κ3) is 3.66. The summed E-state index contributed by atoms with van der Waals surface area (Å²) in [4.78, 5) is 12.7. The fourth-order valence-corrected chi connectivity index (χ4v) is 4.40. The van der Waals surface area contributed by atoms with E-state index in [0.717, 1.165) is 6.42 Å². The Morgan fingerprint density at radius 2 is 2.17 bits per heavy atom. The highest BCUT2D eigenvalue weighted by Crippen LogP contribution is 2.21. The van der Waals surface area contributed by atoms with Crippen LogP contribution in [0.1, 0.15) is 12.8 Å². The molecule has 0 aromatic heterocycles. The van der Waals surface area contributed by atoms with Gasteiger partial charge in [0.1, 0.15) is 0 Å². The number of hydrogen-bond acceptors (Lipinski definition) is 5. The number of rotatable bonds is 5. The lowest BCUT2D eigenvalue weighted by molar-refractivity contribution is -0.139. The molecule has 2 unspecified atom stereocenters. The average Bonchev–Trinajstić information content (AvgIpc) is 2.86. The van der Waals surface area contributed by atoms with Crippen molar-refractivity contribution in [2.75, 3.05) is 37.8 Å². The minimum atomic E-state index is -2.98. The lowest BCUT2D eigenvalue weighted by Gasteiger charge is -2.28. The predicted molar refractivity (Wildman–Crippen MR) is 65.2 cm³/mol. The molecule has 0 aliphatic carbocycles. The van der Waals surface area contributed by atoms with Gasteiger partial charge in [0, 0.05) is 19.2 Å². The molecule has 0 aromatic carbocycles.